The number of likely N-dealkylation sites (N-methyl/N-ethyl adjacent to an activating group) is 1. The molecule has 1 amide bonds. The fourth-order valence-electron chi connectivity index (χ4n) is 4.87. The van der Waals surface area contributed by atoms with Crippen LogP contribution in [0.5, 0.6) is 11.5 Å². The van der Waals surface area contributed by atoms with Crippen LogP contribution in [0.4, 0.5) is 8.78 Å². The molecule has 13 heteroatoms. The highest BCUT2D eigenvalue weighted by molar-refractivity contribution is 7.88. The third-order valence-corrected chi connectivity index (χ3v) is 9.23. The summed E-state index contributed by atoms with van der Waals surface area (Å²) in [5.74, 6) is -0.136. The number of carbonyl (C=O) groups is 1. The van der Waals surface area contributed by atoms with E-state index in [4.69, 9.17) is 27.9 Å². The summed E-state index contributed by atoms with van der Waals surface area (Å²) in [5, 5.41) is 0.707. The monoisotopic (exact) mass is 621 g/mol. The molecule has 0 saturated carbocycles. The maximum atomic E-state index is 14.0. The Morgan fingerprint density at radius 2 is 1.80 bits per heavy atom. The zero-order chi connectivity index (χ0) is 29.7. The molecular formula is C27H35Cl2F2N3O5S. The number of rotatable bonds is 11. The van der Waals surface area contributed by atoms with Crippen LogP contribution >= 0.6 is 23.2 Å². The summed E-state index contributed by atoms with van der Waals surface area (Å²) in [4.78, 5) is 17.8. The molecule has 1 atom stereocenters. The summed E-state index contributed by atoms with van der Waals surface area (Å²) in [6.07, 6.45) is 2.35. The molecule has 3 rings (SSSR count). The Kier molecular flexibility index (Phi) is 11.0. The molecule has 1 fully saturated rings. The maximum absolute atomic E-state index is 14.0. The van der Waals surface area contributed by atoms with Gasteiger partial charge in [0.05, 0.1) is 28.8 Å². The molecule has 0 spiro atoms. The van der Waals surface area contributed by atoms with Crippen LogP contribution in [0.2, 0.25) is 10.0 Å². The van der Waals surface area contributed by atoms with Crippen molar-refractivity contribution < 1.29 is 31.5 Å². The van der Waals surface area contributed by atoms with E-state index in [0.29, 0.717) is 66.7 Å². The average Bonchev–Trinajstić information content (AvgIpc) is 3.15. The highest BCUT2D eigenvalue weighted by Crippen LogP contribution is 2.35. The number of ether oxygens (including phenoxy) is 2. The van der Waals surface area contributed by atoms with Crippen LogP contribution in [0.25, 0.3) is 0 Å². The normalized spacial score (nSPS) is 16.8. The van der Waals surface area contributed by atoms with Crippen LogP contribution in [0.1, 0.15) is 30.9 Å². The van der Waals surface area contributed by atoms with Gasteiger partial charge < -0.3 is 19.3 Å². The van der Waals surface area contributed by atoms with Crippen molar-refractivity contribution in [2.24, 2.45) is 0 Å². The maximum Gasteiger partial charge on any atom is 0.387 e. The first kappa shape index (κ1) is 32.3. The number of carbonyl (C=O) groups excluding carboxylic acids is 1. The van der Waals surface area contributed by atoms with Crippen LogP contribution in [-0.4, -0.2) is 88.2 Å². The van der Waals surface area contributed by atoms with E-state index in [1.807, 2.05) is 6.92 Å². The van der Waals surface area contributed by atoms with Crippen LogP contribution < -0.4 is 9.47 Å². The van der Waals surface area contributed by atoms with Crippen molar-refractivity contribution in [3.63, 3.8) is 0 Å². The third kappa shape index (κ3) is 8.19. The van der Waals surface area contributed by atoms with Gasteiger partial charge in [-0.15, -0.1) is 0 Å². The molecule has 0 radical (unpaired) electrons. The Labute approximate surface area is 244 Å². The van der Waals surface area contributed by atoms with Gasteiger partial charge in [0.2, 0.25) is 15.9 Å². The number of hydrogen-bond donors (Lipinski definition) is 0. The van der Waals surface area contributed by atoms with Crippen molar-refractivity contribution >= 4 is 39.1 Å². The van der Waals surface area contributed by atoms with Crippen molar-refractivity contribution in [1.29, 1.82) is 0 Å². The average molecular weight is 623 g/mol. The first-order valence-corrected chi connectivity index (χ1v) is 15.4. The number of benzene rings is 2. The van der Waals surface area contributed by atoms with Crippen molar-refractivity contribution in [3.05, 3.63) is 57.6 Å². The number of hydrogen-bond acceptors (Lipinski definition) is 6. The molecule has 1 saturated heterocycles. The number of alkyl halides is 2. The third-order valence-electron chi connectivity index (χ3n) is 7.18. The molecule has 1 unspecified atom stereocenters. The Morgan fingerprint density at radius 1 is 1.07 bits per heavy atom. The zero-order valence-corrected chi connectivity index (χ0v) is 25.3. The molecule has 1 aliphatic rings. The predicted molar refractivity (Wildman–Crippen MR) is 152 cm³/mol. The van der Waals surface area contributed by atoms with E-state index in [1.54, 1.807) is 42.3 Å². The Bertz CT molecular complexity index is 1300. The van der Waals surface area contributed by atoms with Gasteiger partial charge in [-0.1, -0.05) is 35.3 Å². The summed E-state index contributed by atoms with van der Waals surface area (Å²) in [6.45, 7) is 1.73. The molecule has 0 bridgehead atoms. The second kappa shape index (κ2) is 13.7. The summed E-state index contributed by atoms with van der Waals surface area (Å²) >= 11 is 12.5. The summed E-state index contributed by atoms with van der Waals surface area (Å²) in [6, 6.07) is 9.69. The van der Waals surface area contributed by atoms with E-state index in [2.05, 4.69) is 9.64 Å². The van der Waals surface area contributed by atoms with Crippen LogP contribution in [0, 0.1) is 0 Å². The largest absolute Gasteiger partial charge is 0.493 e. The second-order valence-corrected chi connectivity index (χ2v) is 12.9. The number of sulfonamides is 1. The molecule has 2 aromatic rings. The standard InChI is InChI=1S/C27H35Cl2F2N3O5S/c1-27(20-7-8-21(28)22(29)17-20,10-13-33-11-5-12-34(15-14-33)40(4,36)37)25(35)32(2)18-19-6-9-23(39-26(30)31)24(16-19)38-3/h6-9,16-17,26H,5,10-15,18H2,1-4H3. The van der Waals surface area contributed by atoms with Crippen molar-refractivity contribution in [1.82, 2.24) is 14.1 Å². The van der Waals surface area contributed by atoms with Gasteiger partial charge in [0, 0.05) is 33.2 Å². The number of nitrogens with zero attached hydrogens (tertiary/aromatic N) is 3. The Hall–Kier alpha value is -2.18. The number of methoxy groups -OCH3 is 1. The molecule has 2 aromatic carbocycles. The number of amides is 1. The fraction of sp³-hybridized carbons (Fsp3) is 0.519. The zero-order valence-electron chi connectivity index (χ0n) is 23.0. The summed E-state index contributed by atoms with van der Waals surface area (Å²) in [7, 11) is -0.248. The molecule has 222 valence electrons. The Balaban J connectivity index is 1.83. The van der Waals surface area contributed by atoms with Gasteiger partial charge >= 0.3 is 6.61 Å². The highest BCUT2D eigenvalue weighted by atomic mass is 35.5. The van der Waals surface area contributed by atoms with E-state index in [-0.39, 0.29) is 24.0 Å². The minimum atomic E-state index is -3.27. The molecule has 0 N–H and O–H groups in total. The first-order valence-electron chi connectivity index (χ1n) is 12.7. The smallest absolute Gasteiger partial charge is 0.387 e. The molecule has 40 heavy (non-hydrogen) atoms. The lowest BCUT2D eigenvalue weighted by atomic mass is 9.77. The molecular weight excluding hydrogens is 587 g/mol. The van der Waals surface area contributed by atoms with E-state index in [0.717, 1.165) is 0 Å². The number of halogens is 4. The summed E-state index contributed by atoms with van der Waals surface area (Å²) in [5.41, 5.74) is 0.373. The van der Waals surface area contributed by atoms with Crippen molar-refractivity contribution in [2.75, 3.05) is 53.1 Å². The van der Waals surface area contributed by atoms with Crippen LogP contribution in [0.15, 0.2) is 36.4 Å². The molecule has 0 aliphatic carbocycles. The van der Waals surface area contributed by atoms with Crippen LogP contribution in [-0.2, 0) is 26.8 Å². The van der Waals surface area contributed by atoms with Gasteiger partial charge in [0.25, 0.3) is 0 Å². The second-order valence-electron chi connectivity index (χ2n) is 10.1. The first-order chi connectivity index (χ1) is 18.7. The Morgan fingerprint density at radius 3 is 2.42 bits per heavy atom. The van der Waals surface area contributed by atoms with E-state index >= 15 is 0 Å². The van der Waals surface area contributed by atoms with E-state index in [1.165, 1.54) is 23.7 Å². The van der Waals surface area contributed by atoms with Gasteiger partial charge in [-0.3, -0.25) is 4.79 Å². The fourth-order valence-corrected chi connectivity index (χ4v) is 6.04. The quantitative estimate of drug-likeness (QED) is 0.356. The summed E-state index contributed by atoms with van der Waals surface area (Å²) < 4.78 is 60.6. The lowest BCUT2D eigenvalue weighted by Crippen LogP contribution is -2.45. The van der Waals surface area contributed by atoms with Crippen LogP contribution in [0.3, 0.4) is 0 Å². The van der Waals surface area contributed by atoms with Gasteiger partial charge in [0.15, 0.2) is 11.5 Å². The SMILES string of the molecule is COc1cc(CN(C)C(=O)C(C)(CCN2CCCN(S(C)(=O)=O)CC2)c2ccc(Cl)c(Cl)c2)ccc1OC(F)F. The lowest BCUT2D eigenvalue weighted by molar-refractivity contribution is -0.136. The van der Waals surface area contributed by atoms with Crippen molar-refractivity contribution in [2.45, 2.75) is 38.3 Å². The molecule has 0 aromatic heterocycles. The van der Waals surface area contributed by atoms with Crippen molar-refractivity contribution in [3.8, 4) is 11.5 Å². The predicted octanol–water partition coefficient (Wildman–Crippen LogP) is 4.88. The minimum absolute atomic E-state index is 0.0947. The van der Waals surface area contributed by atoms with Gasteiger partial charge in [0.1, 0.15) is 0 Å². The van der Waals surface area contributed by atoms with Gasteiger partial charge in [-0.25, -0.2) is 12.7 Å². The highest BCUT2D eigenvalue weighted by Gasteiger charge is 2.38. The van der Waals surface area contributed by atoms with E-state index in [9.17, 15) is 22.0 Å². The minimum Gasteiger partial charge on any atom is -0.493 e. The lowest BCUT2D eigenvalue weighted by Gasteiger charge is -2.35. The molecule has 1 heterocycles. The molecule has 1 aliphatic heterocycles. The molecule has 8 nitrogen and oxygen atoms in total. The van der Waals surface area contributed by atoms with E-state index < -0.39 is 22.0 Å². The van der Waals surface area contributed by atoms with Gasteiger partial charge in [-0.05, 0) is 68.2 Å². The topological polar surface area (TPSA) is 79.4 Å². The van der Waals surface area contributed by atoms with Gasteiger partial charge in [-0.2, -0.15) is 8.78 Å².